The smallest absolute Gasteiger partial charge is 0.379 e. The Bertz CT molecular complexity index is 443. The normalized spacial score (nSPS) is 9.75. The zero-order valence-electron chi connectivity index (χ0n) is 8.54. The summed E-state index contributed by atoms with van der Waals surface area (Å²) in [7, 11) is 2.53. The maximum Gasteiger partial charge on any atom is 0.379 e. The number of rotatable bonds is 3. The average Bonchev–Trinajstić information content (AvgIpc) is 2.29. The summed E-state index contributed by atoms with van der Waals surface area (Å²) in [6.07, 6.45) is 0. The molecular formula is C10H8Cl2O4. The van der Waals surface area contributed by atoms with Gasteiger partial charge in [0.25, 0.3) is 5.78 Å². The number of methoxy groups -OCH3 is 2. The minimum Gasteiger partial charge on any atom is -0.495 e. The van der Waals surface area contributed by atoms with Crippen LogP contribution in [0.4, 0.5) is 0 Å². The Kier molecular flexibility index (Phi) is 4.15. The molecule has 0 aliphatic heterocycles. The Morgan fingerprint density at radius 3 is 2.25 bits per heavy atom. The minimum atomic E-state index is -0.997. The van der Waals surface area contributed by atoms with Crippen LogP contribution in [0.2, 0.25) is 10.0 Å². The Morgan fingerprint density at radius 1 is 1.12 bits per heavy atom. The van der Waals surface area contributed by atoms with E-state index in [1.54, 1.807) is 0 Å². The van der Waals surface area contributed by atoms with E-state index >= 15 is 0 Å². The van der Waals surface area contributed by atoms with Crippen LogP contribution in [0.5, 0.6) is 5.75 Å². The molecule has 0 N–H and O–H groups in total. The molecule has 16 heavy (non-hydrogen) atoms. The molecule has 0 saturated carbocycles. The number of ether oxygens (including phenoxy) is 2. The predicted molar refractivity (Wildman–Crippen MR) is 59.4 cm³/mol. The summed E-state index contributed by atoms with van der Waals surface area (Å²) in [4.78, 5) is 22.5. The van der Waals surface area contributed by atoms with E-state index in [2.05, 4.69) is 4.74 Å². The van der Waals surface area contributed by atoms with Crippen molar-refractivity contribution in [1.82, 2.24) is 0 Å². The molecular weight excluding hydrogens is 255 g/mol. The van der Waals surface area contributed by atoms with Crippen molar-refractivity contribution in [3.8, 4) is 5.75 Å². The highest BCUT2D eigenvalue weighted by atomic mass is 35.5. The van der Waals surface area contributed by atoms with E-state index in [9.17, 15) is 9.59 Å². The van der Waals surface area contributed by atoms with Crippen LogP contribution >= 0.6 is 23.2 Å². The first-order chi connectivity index (χ1) is 7.51. The van der Waals surface area contributed by atoms with Crippen LogP contribution < -0.4 is 4.74 Å². The summed E-state index contributed by atoms with van der Waals surface area (Å²) in [5.41, 5.74) is -0.0145. The van der Waals surface area contributed by atoms with Crippen LogP contribution in [0.3, 0.4) is 0 Å². The standard InChI is InChI=1S/C10H8Cl2O4/c1-15-8-4-6(11)5(3-7(8)12)9(13)10(14)16-2/h3-4H,1-2H3. The highest BCUT2D eigenvalue weighted by Crippen LogP contribution is 2.31. The highest BCUT2D eigenvalue weighted by molar-refractivity contribution is 6.46. The molecule has 0 unspecified atom stereocenters. The fraction of sp³-hybridized carbons (Fsp3) is 0.200. The lowest BCUT2D eigenvalue weighted by atomic mass is 10.1. The van der Waals surface area contributed by atoms with Crippen LogP contribution in [-0.4, -0.2) is 26.0 Å². The number of halogens is 2. The molecule has 0 heterocycles. The van der Waals surface area contributed by atoms with Crippen molar-refractivity contribution >= 4 is 35.0 Å². The molecule has 0 radical (unpaired) electrons. The van der Waals surface area contributed by atoms with E-state index < -0.39 is 11.8 Å². The molecule has 0 fully saturated rings. The van der Waals surface area contributed by atoms with Crippen molar-refractivity contribution in [2.75, 3.05) is 14.2 Å². The first-order valence-corrected chi connectivity index (χ1v) is 4.92. The van der Waals surface area contributed by atoms with Crippen molar-refractivity contribution in [1.29, 1.82) is 0 Å². The van der Waals surface area contributed by atoms with E-state index in [4.69, 9.17) is 27.9 Å². The number of carbonyl (C=O) groups is 2. The van der Waals surface area contributed by atoms with Gasteiger partial charge in [0.05, 0.1) is 24.3 Å². The van der Waals surface area contributed by atoms with Crippen LogP contribution in [-0.2, 0) is 9.53 Å². The maximum atomic E-state index is 11.5. The summed E-state index contributed by atoms with van der Waals surface area (Å²) in [5, 5.41) is 0.274. The first kappa shape index (κ1) is 12.8. The third-order valence-electron chi connectivity index (χ3n) is 1.86. The molecule has 0 aliphatic rings. The minimum absolute atomic E-state index is 0.0145. The Hall–Kier alpha value is -1.26. The van der Waals surface area contributed by atoms with Gasteiger partial charge in [-0.05, 0) is 6.07 Å². The predicted octanol–water partition coefficient (Wildman–Crippen LogP) is 2.36. The van der Waals surface area contributed by atoms with Gasteiger partial charge in [-0.1, -0.05) is 23.2 Å². The summed E-state index contributed by atoms with van der Waals surface area (Å²) >= 11 is 11.6. The lowest BCUT2D eigenvalue weighted by molar-refractivity contribution is -0.135. The lowest BCUT2D eigenvalue weighted by Gasteiger charge is -2.07. The summed E-state index contributed by atoms with van der Waals surface area (Å²) in [6, 6.07) is 2.63. The average molecular weight is 263 g/mol. The van der Waals surface area contributed by atoms with Crippen molar-refractivity contribution in [3.63, 3.8) is 0 Å². The second-order valence-corrected chi connectivity index (χ2v) is 3.60. The van der Waals surface area contributed by atoms with Gasteiger partial charge in [0.2, 0.25) is 0 Å². The molecule has 0 saturated heterocycles. The third kappa shape index (κ3) is 2.46. The maximum absolute atomic E-state index is 11.5. The van der Waals surface area contributed by atoms with Gasteiger partial charge in [0, 0.05) is 11.6 Å². The number of esters is 1. The van der Waals surface area contributed by atoms with E-state index in [1.807, 2.05) is 0 Å². The number of Topliss-reactive ketones (excluding diaryl/α,β-unsaturated/α-hetero) is 1. The molecule has 0 atom stereocenters. The van der Waals surface area contributed by atoms with Crippen molar-refractivity contribution < 1.29 is 19.1 Å². The molecule has 4 nitrogen and oxygen atoms in total. The van der Waals surface area contributed by atoms with E-state index in [-0.39, 0.29) is 15.6 Å². The molecule has 1 rings (SSSR count). The van der Waals surface area contributed by atoms with Crippen LogP contribution in [0, 0.1) is 0 Å². The first-order valence-electron chi connectivity index (χ1n) is 4.17. The quantitative estimate of drug-likeness (QED) is 0.477. The highest BCUT2D eigenvalue weighted by Gasteiger charge is 2.21. The molecule has 0 aromatic heterocycles. The largest absolute Gasteiger partial charge is 0.495 e. The second kappa shape index (κ2) is 5.18. The van der Waals surface area contributed by atoms with Gasteiger partial charge in [0.15, 0.2) is 0 Å². The zero-order valence-corrected chi connectivity index (χ0v) is 10.1. The second-order valence-electron chi connectivity index (χ2n) is 2.79. The van der Waals surface area contributed by atoms with Crippen LogP contribution in [0.15, 0.2) is 12.1 Å². The number of carbonyl (C=O) groups excluding carboxylic acids is 2. The Morgan fingerprint density at radius 2 is 1.75 bits per heavy atom. The molecule has 0 bridgehead atoms. The number of benzene rings is 1. The van der Waals surface area contributed by atoms with Gasteiger partial charge in [-0.2, -0.15) is 0 Å². The fourth-order valence-corrected chi connectivity index (χ4v) is 1.54. The van der Waals surface area contributed by atoms with Gasteiger partial charge < -0.3 is 9.47 Å². The van der Waals surface area contributed by atoms with E-state index in [0.717, 1.165) is 7.11 Å². The molecule has 0 amide bonds. The molecule has 6 heteroatoms. The molecule has 0 spiro atoms. The number of hydrogen-bond donors (Lipinski definition) is 0. The monoisotopic (exact) mass is 262 g/mol. The van der Waals surface area contributed by atoms with Crippen LogP contribution in [0.1, 0.15) is 10.4 Å². The number of hydrogen-bond acceptors (Lipinski definition) is 4. The topological polar surface area (TPSA) is 52.6 Å². The van der Waals surface area contributed by atoms with Crippen molar-refractivity contribution in [3.05, 3.63) is 27.7 Å². The van der Waals surface area contributed by atoms with Gasteiger partial charge >= 0.3 is 5.97 Å². The van der Waals surface area contributed by atoms with Gasteiger partial charge in [-0.15, -0.1) is 0 Å². The molecule has 86 valence electrons. The summed E-state index contributed by atoms with van der Waals surface area (Å²) < 4.78 is 9.20. The van der Waals surface area contributed by atoms with Gasteiger partial charge in [-0.25, -0.2) is 4.79 Å². The van der Waals surface area contributed by atoms with Crippen LogP contribution in [0.25, 0.3) is 0 Å². The van der Waals surface area contributed by atoms with Crippen molar-refractivity contribution in [2.24, 2.45) is 0 Å². The fourth-order valence-electron chi connectivity index (χ4n) is 1.06. The van der Waals surface area contributed by atoms with E-state index in [1.165, 1.54) is 19.2 Å². The van der Waals surface area contributed by atoms with Gasteiger partial charge in [0.1, 0.15) is 5.75 Å². The SMILES string of the molecule is COC(=O)C(=O)c1cc(Cl)c(OC)cc1Cl. The van der Waals surface area contributed by atoms with Crippen molar-refractivity contribution in [2.45, 2.75) is 0 Å². The summed E-state index contributed by atoms with van der Waals surface area (Å²) in [5.74, 6) is -1.52. The van der Waals surface area contributed by atoms with E-state index in [0.29, 0.717) is 5.75 Å². The van der Waals surface area contributed by atoms with Gasteiger partial charge in [-0.3, -0.25) is 4.79 Å². The zero-order chi connectivity index (χ0) is 12.3. The molecule has 0 aliphatic carbocycles. The summed E-state index contributed by atoms with van der Waals surface area (Å²) in [6.45, 7) is 0. The molecule has 1 aromatic rings. The molecule has 1 aromatic carbocycles. The Balaban J connectivity index is 3.21. The lowest BCUT2D eigenvalue weighted by Crippen LogP contribution is -2.16. The number of ketones is 1. The Labute approximate surface area is 102 Å². The third-order valence-corrected chi connectivity index (χ3v) is 2.46.